The number of nitrogens with two attached hydrogens (primary N) is 1. The molecule has 0 rings (SSSR count). The number of rotatable bonds is 4. The summed E-state index contributed by atoms with van der Waals surface area (Å²) in [7, 11) is 0. The Labute approximate surface area is 59.0 Å². The average molecular weight is 145 g/mol. The maximum atomic E-state index is 10.4. The van der Waals surface area contributed by atoms with Crippen molar-refractivity contribution >= 4 is 11.9 Å². The summed E-state index contributed by atoms with van der Waals surface area (Å²) in [5, 5.41) is 8.26. The molecular formula is C6H11NO3. The lowest BCUT2D eigenvalue weighted by molar-refractivity contribution is -0.140. The summed E-state index contributed by atoms with van der Waals surface area (Å²) in [6.45, 7) is 1.73. The fourth-order valence-corrected chi connectivity index (χ4v) is 0.657. The number of aliphatic carboxylic acids is 1. The molecule has 0 heterocycles. The Hall–Kier alpha value is -1.06. The van der Waals surface area contributed by atoms with Crippen molar-refractivity contribution in [1.29, 1.82) is 0 Å². The lowest BCUT2D eigenvalue weighted by Crippen LogP contribution is -2.24. The van der Waals surface area contributed by atoms with Crippen molar-refractivity contribution in [3.8, 4) is 0 Å². The molecule has 0 aromatic rings. The van der Waals surface area contributed by atoms with Crippen LogP contribution in [0.5, 0.6) is 0 Å². The van der Waals surface area contributed by atoms with Crippen molar-refractivity contribution in [2.45, 2.75) is 19.8 Å². The highest BCUT2D eigenvalue weighted by Crippen LogP contribution is 2.05. The van der Waals surface area contributed by atoms with Crippen LogP contribution < -0.4 is 5.73 Å². The highest BCUT2D eigenvalue weighted by molar-refractivity contribution is 5.81. The van der Waals surface area contributed by atoms with E-state index in [0.29, 0.717) is 6.42 Å². The molecule has 58 valence electrons. The van der Waals surface area contributed by atoms with Crippen LogP contribution in [-0.4, -0.2) is 17.0 Å². The predicted molar refractivity (Wildman–Crippen MR) is 35.2 cm³/mol. The molecule has 10 heavy (non-hydrogen) atoms. The zero-order valence-corrected chi connectivity index (χ0v) is 5.83. The molecule has 0 spiro atoms. The summed E-state index contributed by atoms with van der Waals surface area (Å²) in [6.07, 6.45) is 0.327. The average Bonchev–Trinajstić information content (AvgIpc) is 1.81. The fourth-order valence-electron chi connectivity index (χ4n) is 0.657. The van der Waals surface area contributed by atoms with Crippen molar-refractivity contribution in [3.05, 3.63) is 0 Å². The van der Waals surface area contributed by atoms with Crippen molar-refractivity contribution in [2.24, 2.45) is 11.7 Å². The second-order valence-corrected chi connectivity index (χ2v) is 2.11. The summed E-state index contributed by atoms with van der Waals surface area (Å²) < 4.78 is 0. The topological polar surface area (TPSA) is 80.4 Å². The number of carbonyl (C=O) groups excluding carboxylic acids is 1. The highest BCUT2D eigenvalue weighted by atomic mass is 16.4. The van der Waals surface area contributed by atoms with E-state index in [1.807, 2.05) is 0 Å². The summed E-state index contributed by atoms with van der Waals surface area (Å²) >= 11 is 0. The summed E-state index contributed by atoms with van der Waals surface area (Å²) in [4.78, 5) is 20.5. The van der Waals surface area contributed by atoms with Crippen LogP contribution in [0.15, 0.2) is 0 Å². The first-order valence-corrected chi connectivity index (χ1v) is 3.09. The van der Waals surface area contributed by atoms with Crippen molar-refractivity contribution < 1.29 is 14.7 Å². The number of hydrogen-bond acceptors (Lipinski definition) is 2. The van der Waals surface area contributed by atoms with Gasteiger partial charge in [-0.3, -0.25) is 9.59 Å². The lowest BCUT2D eigenvalue weighted by atomic mass is 10.0. The minimum Gasteiger partial charge on any atom is -0.481 e. The molecule has 0 unspecified atom stereocenters. The first kappa shape index (κ1) is 8.94. The van der Waals surface area contributed by atoms with E-state index >= 15 is 0 Å². The molecule has 0 aliphatic carbocycles. The van der Waals surface area contributed by atoms with Crippen molar-refractivity contribution in [2.75, 3.05) is 0 Å². The van der Waals surface area contributed by atoms with E-state index < -0.39 is 17.8 Å². The number of carbonyl (C=O) groups is 2. The standard InChI is InChI=1S/C6H11NO3/c1-2-4(6(7)10)3-5(8)9/h4H,2-3H2,1H3,(H2,7,10)(H,8,9)/t4-/m1/s1. The van der Waals surface area contributed by atoms with Crippen LogP contribution in [0, 0.1) is 5.92 Å². The molecule has 0 radical (unpaired) electrons. The summed E-state index contributed by atoms with van der Waals surface area (Å²) in [6, 6.07) is 0. The maximum absolute atomic E-state index is 10.4. The molecule has 3 N–H and O–H groups in total. The minimum atomic E-state index is -0.981. The van der Waals surface area contributed by atoms with Gasteiger partial charge in [-0.15, -0.1) is 0 Å². The Balaban J connectivity index is 3.83. The van der Waals surface area contributed by atoms with Crippen LogP contribution in [0.2, 0.25) is 0 Å². The molecule has 0 saturated carbocycles. The van der Waals surface area contributed by atoms with Crippen LogP contribution in [0.3, 0.4) is 0 Å². The van der Waals surface area contributed by atoms with E-state index in [1.165, 1.54) is 0 Å². The molecule has 1 amide bonds. The first-order chi connectivity index (χ1) is 4.57. The fraction of sp³-hybridized carbons (Fsp3) is 0.667. The zero-order chi connectivity index (χ0) is 8.15. The molecule has 0 aromatic heterocycles. The zero-order valence-electron chi connectivity index (χ0n) is 5.83. The monoisotopic (exact) mass is 145 g/mol. The number of carboxylic acids is 1. The van der Waals surface area contributed by atoms with E-state index in [1.54, 1.807) is 6.92 Å². The van der Waals surface area contributed by atoms with Gasteiger partial charge in [0.05, 0.1) is 6.42 Å². The van der Waals surface area contributed by atoms with Gasteiger partial charge < -0.3 is 10.8 Å². The minimum absolute atomic E-state index is 0.161. The molecule has 0 saturated heterocycles. The lowest BCUT2D eigenvalue weighted by Gasteiger charge is -2.05. The van der Waals surface area contributed by atoms with Gasteiger partial charge in [0, 0.05) is 5.92 Å². The quantitative estimate of drug-likeness (QED) is 0.583. The van der Waals surface area contributed by atoms with E-state index in [4.69, 9.17) is 10.8 Å². The van der Waals surface area contributed by atoms with Crippen molar-refractivity contribution in [1.82, 2.24) is 0 Å². The molecule has 0 bridgehead atoms. The Morgan fingerprint density at radius 1 is 1.60 bits per heavy atom. The third-order valence-electron chi connectivity index (χ3n) is 1.32. The van der Waals surface area contributed by atoms with Gasteiger partial charge in [0.15, 0.2) is 0 Å². The van der Waals surface area contributed by atoms with E-state index in [2.05, 4.69) is 0 Å². The number of primary amides is 1. The van der Waals surface area contributed by atoms with Crippen LogP contribution in [-0.2, 0) is 9.59 Å². The molecule has 1 atom stereocenters. The highest BCUT2D eigenvalue weighted by Gasteiger charge is 2.15. The summed E-state index contributed by atoms with van der Waals surface area (Å²) in [5.74, 6) is -2.03. The molecule has 0 aliphatic rings. The van der Waals surface area contributed by atoms with Gasteiger partial charge in [0.1, 0.15) is 0 Å². The maximum Gasteiger partial charge on any atom is 0.304 e. The van der Waals surface area contributed by atoms with Crippen molar-refractivity contribution in [3.63, 3.8) is 0 Å². The first-order valence-electron chi connectivity index (χ1n) is 3.09. The molecule has 0 aliphatic heterocycles. The van der Waals surface area contributed by atoms with Gasteiger partial charge in [0.25, 0.3) is 0 Å². The second kappa shape index (κ2) is 3.87. The third-order valence-corrected chi connectivity index (χ3v) is 1.32. The van der Waals surface area contributed by atoms with Gasteiger partial charge >= 0.3 is 5.97 Å². The van der Waals surface area contributed by atoms with Gasteiger partial charge in [-0.2, -0.15) is 0 Å². The van der Waals surface area contributed by atoms with E-state index in [0.717, 1.165) is 0 Å². The van der Waals surface area contributed by atoms with E-state index in [-0.39, 0.29) is 6.42 Å². The Morgan fingerprint density at radius 3 is 2.20 bits per heavy atom. The van der Waals surface area contributed by atoms with Crippen LogP contribution in [0.4, 0.5) is 0 Å². The smallest absolute Gasteiger partial charge is 0.304 e. The normalized spacial score (nSPS) is 12.5. The van der Waals surface area contributed by atoms with Crippen LogP contribution in [0.25, 0.3) is 0 Å². The largest absolute Gasteiger partial charge is 0.481 e. The molecule has 4 nitrogen and oxygen atoms in total. The van der Waals surface area contributed by atoms with E-state index in [9.17, 15) is 9.59 Å². The van der Waals surface area contributed by atoms with Gasteiger partial charge in [0.2, 0.25) is 5.91 Å². The Morgan fingerprint density at radius 2 is 2.10 bits per heavy atom. The molecule has 0 aromatic carbocycles. The Kier molecular flexibility index (Phi) is 3.46. The SMILES string of the molecule is CC[C@H](CC(=O)O)C(N)=O. The van der Waals surface area contributed by atoms with Crippen LogP contribution >= 0.6 is 0 Å². The second-order valence-electron chi connectivity index (χ2n) is 2.11. The molecule has 4 heteroatoms. The Bertz CT molecular complexity index is 144. The van der Waals surface area contributed by atoms with Gasteiger partial charge in [-0.05, 0) is 6.42 Å². The van der Waals surface area contributed by atoms with Gasteiger partial charge in [-0.25, -0.2) is 0 Å². The number of carboxylic acid groups (broad SMARTS) is 1. The predicted octanol–water partition coefficient (Wildman–Crippen LogP) is -0.0274. The number of amides is 1. The third kappa shape index (κ3) is 3.06. The van der Waals surface area contributed by atoms with Gasteiger partial charge in [-0.1, -0.05) is 6.92 Å². The molecular weight excluding hydrogens is 134 g/mol. The van der Waals surface area contributed by atoms with Crippen LogP contribution in [0.1, 0.15) is 19.8 Å². The number of hydrogen-bond donors (Lipinski definition) is 2. The summed E-state index contributed by atoms with van der Waals surface area (Å²) in [5.41, 5.74) is 4.89. The molecule has 0 fully saturated rings.